The minimum atomic E-state index is 0.470. The second kappa shape index (κ2) is 8.37. The summed E-state index contributed by atoms with van der Waals surface area (Å²) in [5, 5.41) is 0.940. The van der Waals surface area contributed by atoms with Gasteiger partial charge in [0.15, 0.2) is 0 Å². The molecule has 0 heterocycles. The normalized spacial score (nSPS) is 11.5. The van der Waals surface area contributed by atoms with Gasteiger partial charge in [-0.2, -0.15) is 0 Å². The number of hydrogen-bond acceptors (Lipinski definition) is 3. The number of halogens is 2. The van der Waals surface area contributed by atoms with Crippen LogP contribution in [0.1, 0.15) is 11.1 Å². The highest BCUT2D eigenvalue weighted by atomic mass is 35.5. The zero-order valence-corrected chi connectivity index (χ0v) is 16.6. The maximum atomic E-state index is 6.29. The van der Waals surface area contributed by atoms with E-state index in [2.05, 4.69) is 33.9 Å². The molecule has 0 amide bonds. The van der Waals surface area contributed by atoms with Crippen molar-refractivity contribution in [3.63, 3.8) is 0 Å². The highest BCUT2D eigenvalue weighted by molar-refractivity contribution is 6.39. The lowest BCUT2D eigenvalue weighted by molar-refractivity contribution is 0.643. The summed E-state index contributed by atoms with van der Waals surface area (Å²) in [6, 6.07) is 9.76. The van der Waals surface area contributed by atoms with Crippen molar-refractivity contribution in [2.24, 2.45) is 9.98 Å². The second-order valence-electron chi connectivity index (χ2n) is 6.16. The number of nitrogens with zero attached hydrogens (tertiary/aromatic N) is 4. The third-order valence-corrected chi connectivity index (χ3v) is 4.12. The van der Waals surface area contributed by atoms with Crippen LogP contribution in [-0.4, -0.2) is 45.6 Å². The van der Waals surface area contributed by atoms with E-state index in [1.54, 1.807) is 18.5 Å². The van der Waals surface area contributed by atoms with Crippen molar-refractivity contribution in [3.05, 3.63) is 51.5 Å². The monoisotopic (exact) mass is 376 g/mol. The van der Waals surface area contributed by atoms with Gasteiger partial charge in [-0.1, -0.05) is 29.3 Å². The summed E-state index contributed by atoms with van der Waals surface area (Å²) in [7, 11) is 7.81. The molecule has 132 valence electrons. The molecular weight excluding hydrogens is 355 g/mol. The van der Waals surface area contributed by atoms with E-state index in [0.29, 0.717) is 21.4 Å². The van der Waals surface area contributed by atoms with Gasteiger partial charge in [0.1, 0.15) is 5.69 Å². The van der Waals surface area contributed by atoms with Crippen molar-refractivity contribution in [1.82, 2.24) is 4.90 Å². The Morgan fingerprint density at radius 3 is 2.08 bits per heavy atom. The van der Waals surface area contributed by atoms with Crippen LogP contribution in [0.2, 0.25) is 10.0 Å². The van der Waals surface area contributed by atoms with Crippen LogP contribution in [0.4, 0.5) is 17.1 Å². The second-order valence-corrected chi connectivity index (χ2v) is 6.97. The molecule has 0 aromatic heterocycles. The Labute approximate surface area is 159 Å². The third-order valence-electron chi connectivity index (χ3n) is 3.54. The first kappa shape index (κ1) is 19.3. The summed E-state index contributed by atoms with van der Waals surface area (Å²) in [5.74, 6) is 0. The van der Waals surface area contributed by atoms with Crippen molar-refractivity contribution in [3.8, 4) is 0 Å². The van der Waals surface area contributed by atoms with Crippen LogP contribution < -0.4 is 4.90 Å². The van der Waals surface area contributed by atoms with E-state index in [1.807, 2.05) is 45.4 Å². The van der Waals surface area contributed by atoms with Crippen molar-refractivity contribution in [2.75, 3.05) is 33.1 Å². The lowest BCUT2D eigenvalue weighted by atomic mass is 10.1. The Hall–Kier alpha value is -2.04. The van der Waals surface area contributed by atoms with Gasteiger partial charge < -0.3 is 9.80 Å². The lowest BCUT2D eigenvalue weighted by Gasteiger charge is -2.13. The van der Waals surface area contributed by atoms with Gasteiger partial charge in [-0.15, -0.1) is 0 Å². The quantitative estimate of drug-likeness (QED) is 0.520. The van der Waals surface area contributed by atoms with Crippen LogP contribution in [0, 0.1) is 6.92 Å². The molecule has 25 heavy (non-hydrogen) atoms. The van der Waals surface area contributed by atoms with Crippen LogP contribution >= 0.6 is 23.2 Å². The Bertz CT molecular complexity index is 788. The van der Waals surface area contributed by atoms with Crippen LogP contribution in [0.25, 0.3) is 0 Å². The molecule has 0 aliphatic heterocycles. The maximum Gasteiger partial charge on any atom is 0.102 e. The smallest absolute Gasteiger partial charge is 0.102 e. The van der Waals surface area contributed by atoms with E-state index < -0.39 is 0 Å². The van der Waals surface area contributed by atoms with E-state index in [-0.39, 0.29) is 0 Å². The molecule has 0 aliphatic rings. The van der Waals surface area contributed by atoms with Crippen molar-refractivity contribution < 1.29 is 0 Å². The fraction of sp³-hybridized carbons (Fsp3) is 0.263. The van der Waals surface area contributed by atoms with Crippen LogP contribution in [0.3, 0.4) is 0 Å². The summed E-state index contributed by atoms with van der Waals surface area (Å²) in [6.07, 6.45) is 3.48. The highest BCUT2D eigenvalue weighted by Gasteiger charge is 2.07. The van der Waals surface area contributed by atoms with Gasteiger partial charge in [-0.3, -0.25) is 4.99 Å². The Morgan fingerprint density at radius 2 is 1.56 bits per heavy atom. The van der Waals surface area contributed by atoms with Gasteiger partial charge in [0, 0.05) is 40.1 Å². The highest BCUT2D eigenvalue weighted by Crippen LogP contribution is 2.37. The van der Waals surface area contributed by atoms with E-state index in [9.17, 15) is 0 Å². The first-order valence-electron chi connectivity index (χ1n) is 7.79. The molecule has 4 nitrogen and oxygen atoms in total. The summed E-state index contributed by atoms with van der Waals surface area (Å²) in [5.41, 5.74) is 4.59. The molecule has 0 saturated carbocycles. The molecule has 0 radical (unpaired) electrons. The number of hydrogen-bond donors (Lipinski definition) is 0. The molecule has 0 spiro atoms. The van der Waals surface area contributed by atoms with Gasteiger partial charge in [0.2, 0.25) is 0 Å². The standard InChI is InChI=1S/C19H22Cl2N4/c1-13-8-16(25(4)5)7-6-14(13)11-22-15-9-17(20)19(18(21)10-15)23-12-24(2)3/h6-12H,1-5H3/b22-11+,23-12-. The average Bonchev–Trinajstić information content (AvgIpc) is 2.52. The van der Waals surface area contributed by atoms with Crippen molar-refractivity contribution >= 4 is 52.8 Å². The SMILES string of the molecule is Cc1cc(N(C)C)ccc1/C=N/c1cc(Cl)c(/N=C\N(C)C)c(Cl)c1. The summed E-state index contributed by atoms with van der Waals surface area (Å²) in [6.45, 7) is 2.06. The summed E-state index contributed by atoms with van der Waals surface area (Å²) < 4.78 is 0. The van der Waals surface area contributed by atoms with E-state index >= 15 is 0 Å². The zero-order valence-electron chi connectivity index (χ0n) is 15.1. The fourth-order valence-corrected chi connectivity index (χ4v) is 2.72. The molecule has 6 heteroatoms. The first-order chi connectivity index (χ1) is 11.8. The largest absolute Gasteiger partial charge is 0.378 e. The molecule has 2 rings (SSSR count). The van der Waals surface area contributed by atoms with Gasteiger partial charge in [0.25, 0.3) is 0 Å². The third kappa shape index (κ3) is 5.21. The van der Waals surface area contributed by atoms with E-state index in [4.69, 9.17) is 23.2 Å². The molecule has 0 fully saturated rings. The van der Waals surface area contributed by atoms with Crippen LogP contribution in [-0.2, 0) is 0 Å². The number of aryl methyl sites for hydroxylation is 1. The first-order valence-corrected chi connectivity index (χ1v) is 8.55. The van der Waals surface area contributed by atoms with Crippen LogP contribution in [0.5, 0.6) is 0 Å². The number of rotatable bonds is 5. The van der Waals surface area contributed by atoms with Gasteiger partial charge in [0.05, 0.1) is 22.1 Å². The predicted octanol–water partition coefficient (Wildman–Crippen LogP) is 5.34. The minimum Gasteiger partial charge on any atom is -0.378 e. The topological polar surface area (TPSA) is 31.2 Å². The number of anilines is 1. The molecule has 0 atom stereocenters. The summed E-state index contributed by atoms with van der Waals surface area (Å²) in [4.78, 5) is 12.7. The molecular formula is C19H22Cl2N4. The summed E-state index contributed by atoms with van der Waals surface area (Å²) >= 11 is 12.6. The minimum absolute atomic E-state index is 0.470. The average molecular weight is 377 g/mol. The number of aliphatic imine (C=N–C) groups is 2. The molecule has 0 saturated heterocycles. The maximum absolute atomic E-state index is 6.29. The molecule has 0 bridgehead atoms. The Balaban J connectivity index is 2.27. The molecule has 2 aromatic rings. The predicted molar refractivity (Wildman–Crippen MR) is 111 cm³/mol. The van der Waals surface area contributed by atoms with Crippen LogP contribution in [0.15, 0.2) is 40.3 Å². The molecule has 0 aliphatic carbocycles. The molecule has 0 unspecified atom stereocenters. The molecule has 2 aromatic carbocycles. The fourth-order valence-electron chi connectivity index (χ4n) is 2.15. The zero-order chi connectivity index (χ0) is 18.6. The van der Waals surface area contributed by atoms with E-state index in [1.165, 1.54) is 0 Å². The Morgan fingerprint density at radius 1 is 0.920 bits per heavy atom. The Kier molecular flexibility index (Phi) is 6.45. The van der Waals surface area contributed by atoms with Crippen molar-refractivity contribution in [2.45, 2.75) is 6.92 Å². The van der Waals surface area contributed by atoms with Crippen molar-refractivity contribution in [1.29, 1.82) is 0 Å². The van der Waals surface area contributed by atoms with Gasteiger partial charge in [-0.25, -0.2) is 4.99 Å². The molecule has 0 N–H and O–H groups in total. The van der Waals surface area contributed by atoms with Gasteiger partial charge in [-0.05, 0) is 42.3 Å². The number of benzene rings is 2. The lowest BCUT2D eigenvalue weighted by Crippen LogP contribution is -2.08. The van der Waals surface area contributed by atoms with Gasteiger partial charge >= 0.3 is 0 Å². The van der Waals surface area contributed by atoms with E-state index in [0.717, 1.165) is 16.8 Å².